The molecule has 0 bridgehead atoms. The average Bonchev–Trinajstić information content (AvgIpc) is 2.46. The zero-order valence-corrected chi connectivity index (χ0v) is 12.6. The summed E-state index contributed by atoms with van der Waals surface area (Å²) in [6.07, 6.45) is 0.380. The largest absolute Gasteiger partial charge is 0.480 e. The highest BCUT2D eigenvalue weighted by Crippen LogP contribution is 2.26. The van der Waals surface area contributed by atoms with Crippen molar-refractivity contribution < 1.29 is 14.3 Å². The molecule has 3 nitrogen and oxygen atoms in total. The summed E-state index contributed by atoms with van der Waals surface area (Å²) in [5.41, 5.74) is 2.69. The van der Waals surface area contributed by atoms with Crippen LogP contribution >= 0.6 is 11.6 Å². The first-order chi connectivity index (χ1) is 10.5. The minimum Gasteiger partial charge on any atom is -0.480 e. The fraction of sp³-hybridized carbons (Fsp3) is 0.235. The number of hydrogen-bond acceptors (Lipinski definition) is 2. The van der Waals surface area contributed by atoms with Crippen molar-refractivity contribution in [2.45, 2.75) is 25.6 Å². The van der Waals surface area contributed by atoms with Crippen LogP contribution in [-0.4, -0.2) is 22.0 Å². The molecule has 0 saturated carbocycles. The van der Waals surface area contributed by atoms with Crippen LogP contribution in [0.1, 0.15) is 16.7 Å². The zero-order chi connectivity index (χ0) is 15.7. The summed E-state index contributed by atoms with van der Waals surface area (Å²) < 4.78 is 13.4. The summed E-state index contributed by atoms with van der Waals surface area (Å²) in [7, 11) is 0. The van der Waals surface area contributed by atoms with Gasteiger partial charge in [-0.2, -0.15) is 0 Å². The maximum Gasteiger partial charge on any atom is 0.321 e. The zero-order valence-electron chi connectivity index (χ0n) is 11.8. The molecule has 0 saturated heterocycles. The number of fused-ring (bicyclic) bond motifs is 1. The van der Waals surface area contributed by atoms with Crippen molar-refractivity contribution in [3.05, 3.63) is 70.0 Å². The van der Waals surface area contributed by atoms with Crippen molar-refractivity contribution in [3.63, 3.8) is 0 Å². The van der Waals surface area contributed by atoms with Crippen molar-refractivity contribution >= 4 is 17.6 Å². The van der Waals surface area contributed by atoms with Gasteiger partial charge in [0.25, 0.3) is 0 Å². The summed E-state index contributed by atoms with van der Waals surface area (Å²) in [6, 6.07) is 11.3. The van der Waals surface area contributed by atoms with Crippen LogP contribution < -0.4 is 0 Å². The lowest BCUT2D eigenvalue weighted by Gasteiger charge is -2.34. The van der Waals surface area contributed by atoms with E-state index in [1.165, 1.54) is 12.1 Å². The van der Waals surface area contributed by atoms with Gasteiger partial charge in [-0.1, -0.05) is 29.8 Å². The third-order valence-electron chi connectivity index (χ3n) is 3.96. The van der Waals surface area contributed by atoms with Gasteiger partial charge in [0.05, 0.1) is 0 Å². The minimum absolute atomic E-state index is 0.296. The molecule has 1 N–H and O–H groups in total. The Morgan fingerprint density at radius 2 is 2.09 bits per heavy atom. The minimum atomic E-state index is -0.864. The first kappa shape index (κ1) is 15.0. The predicted octanol–water partition coefficient (Wildman–Crippen LogP) is 3.49. The number of carbonyl (C=O) groups is 1. The summed E-state index contributed by atoms with van der Waals surface area (Å²) in [5, 5.41) is 10.1. The van der Waals surface area contributed by atoms with Crippen molar-refractivity contribution in [2.24, 2.45) is 0 Å². The van der Waals surface area contributed by atoms with E-state index in [0.29, 0.717) is 24.5 Å². The lowest BCUT2D eigenvalue weighted by atomic mass is 9.93. The van der Waals surface area contributed by atoms with Crippen LogP contribution in [0.25, 0.3) is 0 Å². The fourth-order valence-corrected chi connectivity index (χ4v) is 3.10. The van der Waals surface area contributed by atoms with Gasteiger partial charge in [-0.15, -0.1) is 0 Å². The van der Waals surface area contributed by atoms with Gasteiger partial charge < -0.3 is 5.11 Å². The molecule has 0 spiro atoms. The highest BCUT2D eigenvalue weighted by atomic mass is 35.5. The van der Waals surface area contributed by atoms with E-state index in [2.05, 4.69) is 0 Å². The molecule has 1 aliphatic rings. The van der Waals surface area contributed by atoms with Crippen molar-refractivity contribution in [1.29, 1.82) is 0 Å². The van der Waals surface area contributed by atoms with E-state index in [9.17, 15) is 14.3 Å². The Bertz CT molecular complexity index is 720. The number of halogens is 2. The normalized spacial score (nSPS) is 18.0. The van der Waals surface area contributed by atoms with Crippen LogP contribution in [-0.2, 0) is 24.3 Å². The van der Waals surface area contributed by atoms with Gasteiger partial charge in [-0.3, -0.25) is 9.69 Å². The molecule has 22 heavy (non-hydrogen) atoms. The summed E-state index contributed by atoms with van der Waals surface area (Å²) in [5.74, 6) is -1.16. The first-order valence-electron chi connectivity index (χ1n) is 7.01. The molecule has 0 radical (unpaired) electrons. The molecule has 114 valence electrons. The van der Waals surface area contributed by atoms with Crippen LogP contribution in [0.5, 0.6) is 0 Å². The molecule has 1 aliphatic heterocycles. The standard InChI is InChI=1S/C17H15ClFNO2/c18-14-3-1-2-11(6-14)9-20-10-13-7-15(19)5-4-12(13)8-16(20)17(21)22/h1-7,16H,8-10H2,(H,21,22)/t16-/m1/s1. The van der Waals surface area contributed by atoms with E-state index in [-0.39, 0.29) is 5.82 Å². The number of aliphatic carboxylic acids is 1. The average molecular weight is 320 g/mol. The Labute approximate surface area is 132 Å². The highest BCUT2D eigenvalue weighted by Gasteiger charge is 2.31. The molecule has 5 heteroatoms. The Morgan fingerprint density at radius 3 is 2.82 bits per heavy atom. The van der Waals surface area contributed by atoms with E-state index in [4.69, 9.17) is 11.6 Å². The van der Waals surface area contributed by atoms with E-state index < -0.39 is 12.0 Å². The van der Waals surface area contributed by atoms with Crippen LogP contribution in [0.2, 0.25) is 5.02 Å². The number of carboxylic acids is 1. The van der Waals surface area contributed by atoms with Crippen LogP contribution in [0.15, 0.2) is 42.5 Å². The molecule has 0 unspecified atom stereocenters. The summed E-state index contributed by atoms with van der Waals surface area (Å²) in [4.78, 5) is 13.4. The number of rotatable bonds is 3. The van der Waals surface area contributed by atoms with Crippen LogP contribution in [0.4, 0.5) is 4.39 Å². The molecule has 2 aromatic rings. The monoisotopic (exact) mass is 319 g/mol. The van der Waals surface area contributed by atoms with Crippen molar-refractivity contribution in [3.8, 4) is 0 Å². The smallest absolute Gasteiger partial charge is 0.321 e. The van der Waals surface area contributed by atoms with Crippen molar-refractivity contribution in [1.82, 2.24) is 4.90 Å². The highest BCUT2D eigenvalue weighted by molar-refractivity contribution is 6.30. The SMILES string of the molecule is O=C(O)[C@H]1Cc2ccc(F)cc2CN1Cc1cccc(Cl)c1. The molecule has 0 aliphatic carbocycles. The number of benzene rings is 2. The molecule has 0 aromatic heterocycles. The lowest BCUT2D eigenvalue weighted by molar-refractivity contribution is -0.144. The summed E-state index contributed by atoms with van der Waals surface area (Å²) >= 11 is 5.98. The van der Waals surface area contributed by atoms with Gasteiger partial charge in [0.2, 0.25) is 0 Å². The maximum atomic E-state index is 13.4. The molecule has 0 amide bonds. The van der Waals surface area contributed by atoms with E-state index in [1.54, 1.807) is 12.1 Å². The first-order valence-corrected chi connectivity index (χ1v) is 7.39. The molecule has 1 atom stereocenters. The molecule has 2 aromatic carbocycles. The van der Waals surface area contributed by atoms with E-state index in [1.807, 2.05) is 23.1 Å². The molecular weight excluding hydrogens is 305 g/mol. The second-order valence-corrected chi connectivity index (χ2v) is 5.94. The van der Waals surface area contributed by atoms with E-state index in [0.717, 1.165) is 16.7 Å². The Morgan fingerprint density at radius 1 is 1.27 bits per heavy atom. The van der Waals surface area contributed by atoms with Gasteiger partial charge in [0.15, 0.2) is 0 Å². The molecule has 3 rings (SSSR count). The predicted molar refractivity (Wildman–Crippen MR) is 82.2 cm³/mol. The van der Waals surface area contributed by atoms with Gasteiger partial charge in [0, 0.05) is 18.1 Å². The Balaban J connectivity index is 1.89. The number of hydrogen-bond donors (Lipinski definition) is 1. The molecule has 1 heterocycles. The van der Waals surface area contributed by atoms with Crippen molar-refractivity contribution in [2.75, 3.05) is 0 Å². The number of nitrogens with zero attached hydrogens (tertiary/aromatic N) is 1. The third-order valence-corrected chi connectivity index (χ3v) is 4.19. The molecule has 0 fully saturated rings. The third kappa shape index (κ3) is 3.13. The van der Waals surface area contributed by atoms with Gasteiger partial charge >= 0.3 is 5.97 Å². The Hall–Kier alpha value is -1.91. The quantitative estimate of drug-likeness (QED) is 0.941. The molecular formula is C17H15ClFNO2. The van der Waals surface area contributed by atoms with Gasteiger partial charge in [-0.05, 0) is 47.4 Å². The topological polar surface area (TPSA) is 40.5 Å². The van der Waals surface area contributed by atoms with E-state index >= 15 is 0 Å². The lowest BCUT2D eigenvalue weighted by Crippen LogP contribution is -2.45. The Kier molecular flexibility index (Phi) is 4.14. The maximum absolute atomic E-state index is 13.4. The van der Waals surface area contributed by atoms with Crippen LogP contribution in [0.3, 0.4) is 0 Å². The van der Waals surface area contributed by atoms with Gasteiger partial charge in [0.1, 0.15) is 11.9 Å². The number of carboxylic acid groups (broad SMARTS) is 1. The van der Waals surface area contributed by atoms with Gasteiger partial charge in [-0.25, -0.2) is 4.39 Å². The fourth-order valence-electron chi connectivity index (χ4n) is 2.89. The summed E-state index contributed by atoms with van der Waals surface area (Å²) in [6.45, 7) is 0.879. The van der Waals surface area contributed by atoms with Crippen LogP contribution in [0, 0.1) is 5.82 Å². The second-order valence-electron chi connectivity index (χ2n) is 5.51. The second kappa shape index (κ2) is 6.07.